The van der Waals surface area contributed by atoms with Crippen LogP contribution < -0.4 is 0 Å². The molecule has 1 aromatic carbocycles. The molecule has 0 aliphatic heterocycles. The van der Waals surface area contributed by atoms with Gasteiger partial charge in [0, 0.05) is 5.39 Å². The topological polar surface area (TPSA) is 67.5 Å². The molecule has 2 aromatic rings. The molecule has 1 heterocycles. The van der Waals surface area contributed by atoms with Crippen molar-refractivity contribution in [1.82, 2.24) is 0 Å². The van der Waals surface area contributed by atoms with Gasteiger partial charge < -0.3 is 14.3 Å². The Labute approximate surface area is 97.8 Å². The minimum absolute atomic E-state index is 0.158. The molecule has 0 spiro atoms. The summed E-state index contributed by atoms with van der Waals surface area (Å²) in [7, 11) is 0. The van der Waals surface area contributed by atoms with Crippen LogP contribution in [0, 0.1) is 0 Å². The number of carboxylic acid groups (broad SMARTS) is 1. The molecule has 4 nitrogen and oxygen atoms in total. The van der Waals surface area contributed by atoms with Crippen molar-refractivity contribution in [3.05, 3.63) is 36.1 Å². The normalized spacial score (nSPS) is 14.4. The van der Waals surface area contributed by atoms with Gasteiger partial charge in [-0.15, -0.1) is 0 Å². The second kappa shape index (κ2) is 4.05. The molecule has 1 N–H and O–H groups in total. The maximum atomic E-state index is 11.3. The maximum Gasteiger partial charge on any atom is 0.324 e. The van der Waals surface area contributed by atoms with Gasteiger partial charge in [0.25, 0.3) is 0 Å². The highest BCUT2D eigenvalue weighted by atomic mass is 16.4. The van der Waals surface area contributed by atoms with Gasteiger partial charge in [-0.1, -0.05) is 25.1 Å². The Morgan fingerprint density at radius 2 is 2.18 bits per heavy atom. The lowest BCUT2D eigenvalue weighted by atomic mass is 9.84. The predicted octanol–water partition coefficient (Wildman–Crippen LogP) is 2.36. The van der Waals surface area contributed by atoms with E-state index in [1.807, 2.05) is 12.1 Å². The summed E-state index contributed by atoms with van der Waals surface area (Å²) in [5.74, 6) is -1.00. The Balaban J connectivity index is 2.64. The summed E-state index contributed by atoms with van der Waals surface area (Å²) in [5, 5.41) is 10.0. The van der Waals surface area contributed by atoms with E-state index in [2.05, 4.69) is 0 Å². The number of aliphatic carboxylic acids is 1. The van der Waals surface area contributed by atoms with E-state index in [1.165, 1.54) is 0 Å². The average Bonchev–Trinajstić information content (AvgIpc) is 2.74. The van der Waals surface area contributed by atoms with Gasteiger partial charge in [-0.2, -0.15) is 0 Å². The quantitative estimate of drug-likeness (QED) is 0.649. The molecule has 0 saturated heterocycles. The van der Waals surface area contributed by atoms with Crippen molar-refractivity contribution in [3.8, 4) is 0 Å². The van der Waals surface area contributed by atoms with Gasteiger partial charge in [0.1, 0.15) is 17.6 Å². The van der Waals surface area contributed by atoms with Gasteiger partial charge in [0.05, 0.1) is 0 Å². The van der Waals surface area contributed by atoms with Crippen LogP contribution in [0.15, 0.2) is 34.7 Å². The smallest absolute Gasteiger partial charge is 0.324 e. The number of rotatable bonds is 4. The molecule has 1 atom stereocenters. The van der Waals surface area contributed by atoms with E-state index in [9.17, 15) is 14.7 Å². The van der Waals surface area contributed by atoms with Crippen molar-refractivity contribution < 1.29 is 19.1 Å². The molecule has 2 rings (SSSR count). The van der Waals surface area contributed by atoms with Gasteiger partial charge in [0.2, 0.25) is 0 Å². The van der Waals surface area contributed by atoms with Crippen LogP contribution >= 0.6 is 0 Å². The fourth-order valence-electron chi connectivity index (χ4n) is 1.82. The minimum atomic E-state index is -1.58. The number of furan rings is 1. The minimum Gasteiger partial charge on any atom is -0.480 e. The fourth-order valence-corrected chi connectivity index (χ4v) is 1.82. The van der Waals surface area contributed by atoms with E-state index in [1.54, 1.807) is 25.1 Å². The number of fused-ring (bicyclic) bond motifs is 1. The molecule has 88 valence electrons. The fraction of sp³-hybridized carbons (Fsp3) is 0.231. The molecule has 0 unspecified atom stereocenters. The zero-order chi connectivity index (χ0) is 12.5. The molecular weight excluding hydrogens is 220 g/mol. The number of carboxylic acids is 1. The second-order valence-electron chi connectivity index (χ2n) is 3.90. The highest BCUT2D eigenvalue weighted by Crippen LogP contribution is 2.31. The van der Waals surface area contributed by atoms with Gasteiger partial charge in [-0.05, 0) is 18.6 Å². The monoisotopic (exact) mass is 232 g/mol. The molecular formula is C13H12O4. The van der Waals surface area contributed by atoms with Crippen LogP contribution in [-0.2, 0) is 15.0 Å². The number of carbonyl (C=O) groups excluding carboxylic acids is 1. The standard InChI is InChI=1S/C13H12O4/c1-2-13(8-14,12(15)16)11-7-9-5-3-4-6-10(9)17-11/h3-8H,2H2,1H3,(H,15,16)/t13-/m1/s1. The van der Waals surface area contributed by atoms with Crippen molar-refractivity contribution in [2.45, 2.75) is 18.8 Å². The predicted molar refractivity (Wildman–Crippen MR) is 61.9 cm³/mol. The van der Waals surface area contributed by atoms with Gasteiger partial charge in [-0.25, -0.2) is 0 Å². The first-order valence-corrected chi connectivity index (χ1v) is 5.33. The van der Waals surface area contributed by atoms with Crippen LogP contribution in [-0.4, -0.2) is 17.4 Å². The van der Waals surface area contributed by atoms with Gasteiger partial charge in [0.15, 0.2) is 5.41 Å². The van der Waals surface area contributed by atoms with E-state index < -0.39 is 11.4 Å². The molecule has 0 amide bonds. The highest BCUT2D eigenvalue weighted by Gasteiger charge is 2.42. The van der Waals surface area contributed by atoms with Crippen LogP contribution in [0.5, 0.6) is 0 Å². The van der Waals surface area contributed by atoms with Crippen LogP contribution in [0.3, 0.4) is 0 Å². The van der Waals surface area contributed by atoms with Crippen molar-refractivity contribution >= 4 is 23.2 Å². The number of hydrogen-bond acceptors (Lipinski definition) is 3. The summed E-state index contributed by atoms with van der Waals surface area (Å²) in [6, 6.07) is 8.80. The Morgan fingerprint density at radius 1 is 1.47 bits per heavy atom. The summed E-state index contributed by atoms with van der Waals surface area (Å²) in [5.41, 5.74) is -0.998. The summed E-state index contributed by atoms with van der Waals surface area (Å²) < 4.78 is 5.46. The van der Waals surface area contributed by atoms with Crippen LogP contribution in [0.2, 0.25) is 0 Å². The highest BCUT2D eigenvalue weighted by molar-refractivity contribution is 5.99. The molecule has 0 aliphatic carbocycles. The van der Waals surface area contributed by atoms with Crippen molar-refractivity contribution in [2.75, 3.05) is 0 Å². The molecule has 0 aliphatic rings. The molecule has 0 bridgehead atoms. The van der Waals surface area contributed by atoms with E-state index in [4.69, 9.17) is 4.42 Å². The van der Waals surface area contributed by atoms with E-state index >= 15 is 0 Å². The number of para-hydroxylation sites is 1. The average molecular weight is 232 g/mol. The molecule has 0 fully saturated rings. The SMILES string of the molecule is CC[C@](C=O)(C(=O)O)c1cc2ccccc2o1. The van der Waals surface area contributed by atoms with Gasteiger partial charge in [-0.3, -0.25) is 4.79 Å². The third-order valence-corrected chi connectivity index (χ3v) is 3.01. The number of benzene rings is 1. The maximum absolute atomic E-state index is 11.3. The van der Waals surface area contributed by atoms with Crippen molar-refractivity contribution in [2.24, 2.45) is 0 Å². The lowest BCUT2D eigenvalue weighted by molar-refractivity contribution is -0.146. The summed E-state index contributed by atoms with van der Waals surface area (Å²) in [4.78, 5) is 22.4. The van der Waals surface area contributed by atoms with Crippen molar-refractivity contribution in [1.29, 1.82) is 0 Å². The lowest BCUT2D eigenvalue weighted by Crippen LogP contribution is -2.36. The van der Waals surface area contributed by atoms with Crippen molar-refractivity contribution in [3.63, 3.8) is 0 Å². The van der Waals surface area contributed by atoms with Crippen LogP contribution in [0.25, 0.3) is 11.0 Å². The zero-order valence-corrected chi connectivity index (χ0v) is 9.34. The summed E-state index contributed by atoms with van der Waals surface area (Å²) >= 11 is 0. The number of carbonyl (C=O) groups is 2. The first-order valence-electron chi connectivity index (χ1n) is 5.33. The molecule has 17 heavy (non-hydrogen) atoms. The van der Waals surface area contributed by atoms with E-state index in [-0.39, 0.29) is 12.2 Å². The number of hydrogen-bond donors (Lipinski definition) is 1. The zero-order valence-electron chi connectivity index (χ0n) is 9.34. The largest absolute Gasteiger partial charge is 0.480 e. The van der Waals surface area contributed by atoms with Crippen LogP contribution in [0.1, 0.15) is 19.1 Å². The first kappa shape index (κ1) is 11.4. The third kappa shape index (κ3) is 1.62. The Kier molecular flexibility index (Phi) is 2.71. The Morgan fingerprint density at radius 3 is 2.71 bits per heavy atom. The number of aldehydes is 1. The summed E-state index contributed by atoms with van der Waals surface area (Å²) in [6.07, 6.45) is 0.596. The second-order valence-corrected chi connectivity index (χ2v) is 3.90. The van der Waals surface area contributed by atoms with E-state index in [0.717, 1.165) is 5.39 Å². The third-order valence-electron chi connectivity index (χ3n) is 3.01. The molecule has 0 radical (unpaired) electrons. The molecule has 4 heteroatoms. The van der Waals surface area contributed by atoms with Gasteiger partial charge >= 0.3 is 5.97 Å². The summed E-state index contributed by atoms with van der Waals surface area (Å²) in [6.45, 7) is 1.65. The Bertz CT molecular complexity index is 537. The Hall–Kier alpha value is -2.10. The van der Waals surface area contributed by atoms with Crippen LogP contribution in [0.4, 0.5) is 0 Å². The molecule has 0 saturated carbocycles. The first-order chi connectivity index (χ1) is 8.14. The van der Waals surface area contributed by atoms with E-state index in [0.29, 0.717) is 11.9 Å². The molecule has 1 aromatic heterocycles. The lowest BCUT2D eigenvalue weighted by Gasteiger charge is -2.17.